The Morgan fingerprint density at radius 3 is 2.80 bits per heavy atom. The van der Waals surface area contributed by atoms with Gasteiger partial charge in [-0.15, -0.1) is 0 Å². The van der Waals surface area contributed by atoms with E-state index in [1.165, 1.54) is 43.6 Å². The van der Waals surface area contributed by atoms with Gasteiger partial charge in [0.2, 0.25) is 0 Å². The highest BCUT2D eigenvalue weighted by Crippen LogP contribution is 2.21. The van der Waals surface area contributed by atoms with Crippen LogP contribution in [0.25, 0.3) is 6.08 Å². The van der Waals surface area contributed by atoms with E-state index in [1.807, 2.05) is 24.5 Å². The molecule has 2 heterocycles. The summed E-state index contributed by atoms with van der Waals surface area (Å²) < 4.78 is 7.35. The highest BCUT2D eigenvalue weighted by atomic mass is 16.5. The van der Waals surface area contributed by atoms with E-state index in [0.29, 0.717) is 6.04 Å². The SMILES string of the molecule is COc1ccc(/C=C/CN2CCCC[C@H]2CCc2nccn2C)cc1. The molecule has 25 heavy (non-hydrogen) atoms. The lowest BCUT2D eigenvalue weighted by molar-refractivity contribution is 0.156. The molecule has 0 aliphatic carbocycles. The fourth-order valence-electron chi connectivity index (χ4n) is 3.60. The van der Waals surface area contributed by atoms with Crippen molar-refractivity contribution < 1.29 is 4.74 Å². The third-order valence-electron chi connectivity index (χ3n) is 5.14. The Kier molecular flexibility index (Phi) is 6.29. The normalized spacial score (nSPS) is 18.7. The minimum absolute atomic E-state index is 0.672. The number of nitrogens with zero attached hydrogens (tertiary/aromatic N) is 3. The number of aromatic nitrogens is 2. The maximum Gasteiger partial charge on any atom is 0.118 e. The largest absolute Gasteiger partial charge is 0.497 e. The lowest BCUT2D eigenvalue weighted by Gasteiger charge is -2.35. The van der Waals surface area contributed by atoms with Gasteiger partial charge in [0, 0.05) is 38.4 Å². The third-order valence-corrected chi connectivity index (χ3v) is 5.14. The van der Waals surface area contributed by atoms with Gasteiger partial charge in [0.15, 0.2) is 0 Å². The molecule has 134 valence electrons. The molecule has 1 fully saturated rings. The predicted octanol–water partition coefficient (Wildman–Crippen LogP) is 3.93. The zero-order valence-electron chi connectivity index (χ0n) is 15.4. The van der Waals surface area contributed by atoms with E-state index in [9.17, 15) is 0 Å². The fourth-order valence-corrected chi connectivity index (χ4v) is 3.60. The average molecular weight is 339 g/mol. The van der Waals surface area contributed by atoms with Gasteiger partial charge >= 0.3 is 0 Å². The molecule has 3 rings (SSSR count). The Bertz CT molecular complexity index is 675. The molecule has 4 heteroatoms. The lowest BCUT2D eigenvalue weighted by atomic mass is 9.97. The van der Waals surface area contributed by atoms with Gasteiger partial charge in [0.05, 0.1) is 7.11 Å². The van der Waals surface area contributed by atoms with Gasteiger partial charge in [-0.25, -0.2) is 4.98 Å². The quantitative estimate of drug-likeness (QED) is 0.766. The summed E-state index contributed by atoms with van der Waals surface area (Å²) in [6.45, 7) is 2.23. The Morgan fingerprint density at radius 2 is 2.08 bits per heavy atom. The highest BCUT2D eigenvalue weighted by Gasteiger charge is 2.21. The molecule has 1 saturated heterocycles. The van der Waals surface area contributed by atoms with Gasteiger partial charge < -0.3 is 9.30 Å². The first-order valence-electron chi connectivity index (χ1n) is 9.27. The van der Waals surface area contributed by atoms with Crippen LogP contribution < -0.4 is 4.74 Å². The Labute approximate surface area is 151 Å². The number of piperidine rings is 1. The second-order valence-corrected chi connectivity index (χ2v) is 6.81. The second-order valence-electron chi connectivity index (χ2n) is 6.81. The van der Waals surface area contributed by atoms with E-state index in [4.69, 9.17) is 4.74 Å². The minimum Gasteiger partial charge on any atom is -0.497 e. The zero-order valence-corrected chi connectivity index (χ0v) is 15.4. The lowest BCUT2D eigenvalue weighted by Crippen LogP contribution is -2.39. The average Bonchev–Trinajstić information content (AvgIpc) is 3.06. The summed E-state index contributed by atoms with van der Waals surface area (Å²) in [5.41, 5.74) is 1.22. The predicted molar refractivity (Wildman–Crippen MR) is 103 cm³/mol. The van der Waals surface area contributed by atoms with Crippen molar-refractivity contribution in [1.29, 1.82) is 0 Å². The van der Waals surface area contributed by atoms with E-state index in [2.05, 4.69) is 45.8 Å². The van der Waals surface area contributed by atoms with Crippen molar-refractivity contribution >= 4 is 6.08 Å². The standard InChI is InChI=1S/C21H29N3O/c1-23-17-14-22-21(23)13-10-19-7-3-4-15-24(19)16-5-6-18-8-11-20(25-2)12-9-18/h5-6,8-9,11-12,14,17,19H,3-4,7,10,13,15-16H2,1-2H3/b6-5+/t19-/m0/s1. The summed E-state index contributed by atoms with van der Waals surface area (Å²) in [6.07, 6.45) is 14.7. The van der Waals surface area contributed by atoms with Gasteiger partial charge in [-0.3, -0.25) is 4.90 Å². The number of methoxy groups -OCH3 is 1. The first-order valence-corrected chi connectivity index (χ1v) is 9.27. The van der Waals surface area contributed by atoms with Crippen LogP contribution in [0.5, 0.6) is 5.75 Å². The summed E-state index contributed by atoms with van der Waals surface area (Å²) in [6, 6.07) is 8.90. The smallest absolute Gasteiger partial charge is 0.118 e. The maximum absolute atomic E-state index is 5.21. The van der Waals surface area contributed by atoms with Crippen molar-refractivity contribution in [2.75, 3.05) is 20.2 Å². The molecule has 1 aromatic heterocycles. The maximum atomic E-state index is 5.21. The molecule has 1 atom stereocenters. The summed E-state index contributed by atoms with van der Waals surface area (Å²) in [5.74, 6) is 2.10. The molecule has 1 aliphatic rings. The summed E-state index contributed by atoms with van der Waals surface area (Å²) in [5, 5.41) is 0. The molecule has 0 N–H and O–H groups in total. The monoisotopic (exact) mass is 339 g/mol. The Balaban J connectivity index is 1.53. The van der Waals surface area contributed by atoms with E-state index in [-0.39, 0.29) is 0 Å². The number of hydrogen-bond acceptors (Lipinski definition) is 3. The molecule has 0 spiro atoms. The van der Waals surface area contributed by atoms with E-state index in [1.54, 1.807) is 7.11 Å². The van der Waals surface area contributed by atoms with E-state index in [0.717, 1.165) is 18.7 Å². The number of imidazole rings is 1. The first-order chi connectivity index (χ1) is 12.3. The molecule has 0 saturated carbocycles. The van der Waals surface area contributed by atoms with Crippen LogP contribution in [0.3, 0.4) is 0 Å². The third kappa shape index (κ3) is 4.95. The number of hydrogen-bond donors (Lipinski definition) is 0. The van der Waals surface area contributed by atoms with Crippen molar-refractivity contribution in [3.8, 4) is 5.75 Å². The number of ether oxygens (including phenoxy) is 1. The van der Waals surface area contributed by atoms with Crippen LogP contribution in [-0.2, 0) is 13.5 Å². The number of rotatable bonds is 7. The molecule has 0 bridgehead atoms. The van der Waals surface area contributed by atoms with Gasteiger partial charge in [-0.05, 0) is 43.5 Å². The molecule has 4 nitrogen and oxygen atoms in total. The molecule has 0 unspecified atom stereocenters. The van der Waals surface area contributed by atoms with Crippen LogP contribution in [-0.4, -0.2) is 40.7 Å². The summed E-state index contributed by atoms with van der Waals surface area (Å²) in [7, 11) is 3.78. The zero-order chi connectivity index (χ0) is 17.5. The molecule has 2 aromatic rings. The first kappa shape index (κ1) is 17.7. The van der Waals surface area contributed by atoms with Gasteiger partial charge in [-0.2, -0.15) is 0 Å². The molecule has 1 aromatic carbocycles. The molecule has 0 amide bonds. The van der Waals surface area contributed by atoms with Crippen LogP contribution in [0, 0.1) is 0 Å². The van der Waals surface area contributed by atoms with Gasteiger partial charge in [0.1, 0.15) is 11.6 Å². The van der Waals surface area contributed by atoms with E-state index < -0.39 is 0 Å². The highest BCUT2D eigenvalue weighted by molar-refractivity contribution is 5.50. The number of likely N-dealkylation sites (tertiary alicyclic amines) is 1. The minimum atomic E-state index is 0.672. The van der Waals surface area contributed by atoms with Crippen LogP contribution in [0.2, 0.25) is 0 Å². The summed E-state index contributed by atoms with van der Waals surface area (Å²) in [4.78, 5) is 7.09. The topological polar surface area (TPSA) is 30.3 Å². The van der Waals surface area contributed by atoms with Gasteiger partial charge in [0.25, 0.3) is 0 Å². The van der Waals surface area contributed by atoms with Crippen LogP contribution in [0.1, 0.15) is 37.1 Å². The molecular formula is C21H29N3O. The van der Waals surface area contributed by atoms with Crippen molar-refractivity contribution in [2.45, 2.75) is 38.1 Å². The van der Waals surface area contributed by atoms with Crippen molar-refractivity contribution in [2.24, 2.45) is 7.05 Å². The number of aryl methyl sites for hydroxylation is 2. The Morgan fingerprint density at radius 1 is 1.24 bits per heavy atom. The van der Waals surface area contributed by atoms with Crippen LogP contribution >= 0.6 is 0 Å². The van der Waals surface area contributed by atoms with Crippen LogP contribution in [0.15, 0.2) is 42.7 Å². The van der Waals surface area contributed by atoms with Crippen molar-refractivity contribution in [1.82, 2.24) is 14.5 Å². The van der Waals surface area contributed by atoms with Crippen molar-refractivity contribution in [3.63, 3.8) is 0 Å². The second kappa shape index (κ2) is 8.86. The molecule has 1 aliphatic heterocycles. The van der Waals surface area contributed by atoms with Crippen molar-refractivity contribution in [3.05, 3.63) is 54.1 Å². The molecule has 0 radical (unpaired) electrons. The molecular weight excluding hydrogens is 310 g/mol. The summed E-state index contributed by atoms with van der Waals surface area (Å²) >= 11 is 0. The number of benzene rings is 1. The van der Waals surface area contributed by atoms with E-state index >= 15 is 0 Å². The van der Waals surface area contributed by atoms with Gasteiger partial charge in [-0.1, -0.05) is 30.7 Å². The Hall–Kier alpha value is -2.07. The van der Waals surface area contributed by atoms with Crippen LogP contribution in [0.4, 0.5) is 0 Å². The fraction of sp³-hybridized carbons (Fsp3) is 0.476.